The van der Waals surface area contributed by atoms with Gasteiger partial charge < -0.3 is 0 Å². The zero-order chi connectivity index (χ0) is 19.1. The summed E-state index contributed by atoms with van der Waals surface area (Å²) in [6.07, 6.45) is 1.70. The summed E-state index contributed by atoms with van der Waals surface area (Å²) in [6, 6.07) is 5.88. The number of rotatable bonds is 3. The van der Waals surface area contributed by atoms with Crippen molar-refractivity contribution in [2.75, 3.05) is 19.8 Å². The molecule has 0 radical (unpaired) electrons. The van der Waals surface area contributed by atoms with Crippen LogP contribution in [0.15, 0.2) is 28.3 Å². The van der Waals surface area contributed by atoms with E-state index in [0.29, 0.717) is 28.9 Å². The Morgan fingerprint density at radius 1 is 1.38 bits per heavy atom. The zero-order valence-electron chi connectivity index (χ0n) is 15.8. The summed E-state index contributed by atoms with van der Waals surface area (Å²) >= 11 is 1.57. The molecule has 0 aromatic carbocycles. The second-order valence-corrected chi connectivity index (χ2v) is 8.43. The fourth-order valence-electron chi connectivity index (χ4n) is 2.82. The van der Waals surface area contributed by atoms with Crippen LogP contribution >= 0.6 is 11.8 Å². The van der Waals surface area contributed by atoms with Gasteiger partial charge in [-0.05, 0) is 46.0 Å². The van der Waals surface area contributed by atoms with Crippen molar-refractivity contribution in [3.05, 3.63) is 39.9 Å². The lowest BCUT2D eigenvalue weighted by atomic mass is 9.97. The minimum absolute atomic E-state index is 0.0878. The molecule has 2 aromatic rings. The van der Waals surface area contributed by atoms with Gasteiger partial charge in [0.15, 0.2) is 5.16 Å². The minimum Gasteiger partial charge on any atom is -0.299 e. The first-order valence-electron chi connectivity index (χ1n) is 8.57. The number of hydrogen-bond acceptors (Lipinski definition) is 6. The maximum absolute atomic E-state index is 12.8. The lowest BCUT2D eigenvalue weighted by Gasteiger charge is -2.32. The molecule has 1 aliphatic heterocycles. The van der Waals surface area contributed by atoms with Crippen LogP contribution in [0.5, 0.6) is 0 Å². The van der Waals surface area contributed by atoms with E-state index in [9.17, 15) is 10.1 Å². The Bertz CT molecular complexity index is 925. The summed E-state index contributed by atoms with van der Waals surface area (Å²) in [5.74, 6) is 1.31. The number of nitriles is 1. The number of nitrogens with zero attached hydrogens (tertiary/aromatic N) is 5. The summed E-state index contributed by atoms with van der Waals surface area (Å²) < 4.78 is 1.62. The van der Waals surface area contributed by atoms with E-state index >= 15 is 0 Å². The molecule has 3 rings (SSSR count). The third-order valence-corrected chi connectivity index (χ3v) is 6.32. The Kier molecular flexibility index (Phi) is 4.91. The van der Waals surface area contributed by atoms with Crippen LogP contribution in [0.25, 0.3) is 11.3 Å². The highest BCUT2D eigenvalue weighted by Gasteiger charge is 2.26. The summed E-state index contributed by atoms with van der Waals surface area (Å²) in [6.45, 7) is 6.89. The van der Waals surface area contributed by atoms with Crippen LogP contribution in [-0.4, -0.2) is 39.3 Å². The lowest BCUT2D eigenvalue weighted by molar-refractivity contribution is 0.192. The number of aromatic nitrogens is 3. The third-order valence-electron chi connectivity index (χ3n) is 5.02. The monoisotopic (exact) mass is 369 g/mol. The van der Waals surface area contributed by atoms with Crippen molar-refractivity contribution >= 4 is 11.8 Å². The smallest absolute Gasteiger partial charge is 0.272 e. The van der Waals surface area contributed by atoms with Gasteiger partial charge in [0.25, 0.3) is 5.56 Å². The van der Waals surface area contributed by atoms with E-state index < -0.39 is 0 Å². The lowest BCUT2D eigenvalue weighted by Crippen LogP contribution is -2.36. The SMILES string of the molecule is C[C@@H]1CSc2nc(-c3ccc(C(C)(C)N(C)C)nc3)c(C#N)c(=O)n2C1. The fraction of sp³-hybridized carbons (Fsp3) is 0.474. The molecule has 136 valence electrons. The maximum atomic E-state index is 12.8. The second-order valence-electron chi connectivity index (χ2n) is 7.45. The second kappa shape index (κ2) is 6.86. The Hall–Kier alpha value is -2.17. The molecule has 0 spiro atoms. The predicted octanol–water partition coefficient (Wildman–Crippen LogP) is 2.72. The molecule has 0 unspecified atom stereocenters. The summed E-state index contributed by atoms with van der Waals surface area (Å²) in [5, 5.41) is 10.2. The van der Waals surface area contributed by atoms with Gasteiger partial charge >= 0.3 is 0 Å². The first-order valence-corrected chi connectivity index (χ1v) is 9.56. The third kappa shape index (κ3) is 3.15. The normalized spacial score (nSPS) is 17.0. The van der Waals surface area contributed by atoms with E-state index in [0.717, 1.165) is 11.4 Å². The standard InChI is InChI=1S/C19H23N5OS/c1-12-10-24-17(25)14(8-20)16(22-18(24)26-11-12)13-6-7-15(21-9-13)19(2,3)23(4)5/h6-7,9,12H,10-11H2,1-5H3/t12-/m0/s1. The van der Waals surface area contributed by atoms with Gasteiger partial charge in [0.2, 0.25) is 0 Å². The number of fused-ring (bicyclic) bond motifs is 1. The minimum atomic E-state index is -0.260. The summed E-state index contributed by atoms with van der Waals surface area (Å²) in [4.78, 5) is 24.1. The van der Waals surface area contributed by atoms with E-state index in [1.165, 1.54) is 0 Å². The molecule has 0 amide bonds. The first-order chi connectivity index (χ1) is 12.3. The van der Waals surface area contributed by atoms with E-state index in [1.807, 2.05) is 32.3 Å². The van der Waals surface area contributed by atoms with E-state index in [1.54, 1.807) is 22.5 Å². The van der Waals surface area contributed by atoms with Crippen molar-refractivity contribution in [1.82, 2.24) is 19.4 Å². The van der Waals surface area contributed by atoms with Crippen molar-refractivity contribution in [3.63, 3.8) is 0 Å². The molecule has 3 heterocycles. The highest BCUT2D eigenvalue weighted by Crippen LogP contribution is 2.29. The maximum Gasteiger partial charge on any atom is 0.272 e. The predicted molar refractivity (Wildman–Crippen MR) is 103 cm³/mol. The molecule has 0 saturated heterocycles. The highest BCUT2D eigenvalue weighted by atomic mass is 32.2. The average Bonchev–Trinajstić information content (AvgIpc) is 2.62. The molecular formula is C19H23N5OS. The Balaban J connectivity index is 2.09. The first kappa shape index (κ1) is 18.6. The van der Waals surface area contributed by atoms with Gasteiger partial charge in [0, 0.05) is 24.1 Å². The van der Waals surface area contributed by atoms with Gasteiger partial charge in [-0.3, -0.25) is 19.2 Å². The van der Waals surface area contributed by atoms with Crippen molar-refractivity contribution in [1.29, 1.82) is 5.26 Å². The van der Waals surface area contributed by atoms with Gasteiger partial charge in [0.1, 0.15) is 11.6 Å². The van der Waals surface area contributed by atoms with E-state index in [2.05, 4.69) is 35.6 Å². The van der Waals surface area contributed by atoms with Gasteiger partial charge in [0.05, 0.1) is 16.9 Å². The molecule has 2 aromatic heterocycles. The van der Waals surface area contributed by atoms with Crippen LogP contribution in [-0.2, 0) is 12.1 Å². The Morgan fingerprint density at radius 3 is 2.69 bits per heavy atom. The molecule has 1 atom stereocenters. The molecule has 0 N–H and O–H groups in total. The van der Waals surface area contributed by atoms with Crippen LogP contribution in [0.4, 0.5) is 0 Å². The molecule has 6 nitrogen and oxygen atoms in total. The summed E-state index contributed by atoms with van der Waals surface area (Å²) in [5.41, 5.74) is 1.65. The Labute approximate surface area is 157 Å². The molecular weight excluding hydrogens is 346 g/mol. The number of hydrogen-bond donors (Lipinski definition) is 0. The van der Waals surface area contributed by atoms with Gasteiger partial charge in [-0.1, -0.05) is 18.7 Å². The van der Waals surface area contributed by atoms with E-state index in [-0.39, 0.29) is 16.7 Å². The van der Waals surface area contributed by atoms with Crippen molar-refractivity contribution in [3.8, 4) is 17.3 Å². The van der Waals surface area contributed by atoms with Crippen LogP contribution in [0.3, 0.4) is 0 Å². The van der Waals surface area contributed by atoms with Gasteiger partial charge in [-0.2, -0.15) is 5.26 Å². The van der Waals surface area contributed by atoms with E-state index in [4.69, 9.17) is 0 Å². The molecule has 26 heavy (non-hydrogen) atoms. The summed E-state index contributed by atoms with van der Waals surface area (Å²) in [7, 11) is 4.02. The van der Waals surface area contributed by atoms with Gasteiger partial charge in [-0.25, -0.2) is 4.98 Å². The Morgan fingerprint density at radius 2 is 2.12 bits per heavy atom. The van der Waals surface area contributed by atoms with Crippen LogP contribution in [0.1, 0.15) is 32.0 Å². The fourth-order valence-corrected chi connectivity index (χ4v) is 3.83. The topological polar surface area (TPSA) is 74.8 Å². The molecule has 1 aliphatic rings. The highest BCUT2D eigenvalue weighted by molar-refractivity contribution is 7.99. The molecule has 0 fully saturated rings. The molecule has 7 heteroatoms. The molecule has 0 aliphatic carbocycles. The van der Waals surface area contributed by atoms with Crippen molar-refractivity contribution < 1.29 is 0 Å². The van der Waals surface area contributed by atoms with Crippen LogP contribution < -0.4 is 5.56 Å². The average molecular weight is 369 g/mol. The number of thioether (sulfide) groups is 1. The van der Waals surface area contributed by atoms with Crippen LogP contribution in [0, 0.1) is 17.2 Å². The van der Waals surface area contributed by atoms with Crippen molar-refractivity contribution in [2.45, 2.75) is 38.0 Å². The molecule has 0 bridgehead atoms. The zero-order valence-corrected chi connectivity index (χ0v) is 16.6. The van der Waals surface area contributed by atoms with Crippen molar-refractivity contribution in [2.24, 2.45) is 5.92 Å². The molecule has 0 saturated carbocycles. The quantitative estimate of drug-likeness (QED) is 0.775. The van der Waals surface area contributed by atoms with Gasteiger partial charge in [-0.15, -0.1) is 0 Å². The number of pyridine rings is 1. The van der Waals surface area contributed by atoms with Crippen LogP contribution in [0.2, 0.25) is 0 Å². The largest absolute Gasteiger partial charge is 0.299 e.